The molecule has 0 aromatic carbocycles. The number of hydrogen-bond acceptors (Lipinski definition) is 6. The summed E-state index contributed by atoms with van der Waals surface area (Å²) in [6, 6.07) is 0. The summed E-state index contributed by atoms with van der Waals surface area (Å²) >= 11 is 0. The normalized spacial score (nSPS) is 14.9. The van der Waals surface area contributed by atoms with Gasteiger partial charge in [0.15, 0.2) is 17.3 Å². The van der Waals surface area contributed by atoms with E-state index in [0.717, 1.165) is 33.6 Å². The van der Waals surface area contributed by atoms with Crippen LogP contribution in [0.2, 0.25) is 0 Å². The van der Waals surface area contributed by atoms with E-state index in [1.165, 1.54) is 0 Å². The smallest absolute Gasteiger partial charge is 0.236 e. The van der Waals surface area contributed by atoms with E-state index in [2.05, 4.69) is 45.7 Å². The SMILES string of the molecule is Cc1c(-c2[nH]c3cnc(N4CCN(CC(=O)N(C)C)CC4)c(F)c3c2C(C)C)cn2ncnc2c1C. The highest BCUT2D eigenvalue weighted by Gasteiger charge is 2.27. The quantitative estimate of drug-likeness (QED) is 0.460. The first-order valence-corrected chi connectivity index (χ1v) is 12.3. The minimum absolute atomic E-state index is 0.0743. The molecular formula is C26H33FN8O. The number of fused-ring (bicyclic) bond motifs is 2. The Bertz CT molecular complexity index is 1450. The Balaban J connectivity index is 1.53. The van der Waals surface area contributed by atoms with Crippen LogP contribution in [0.1, 0.15) is 36.5 Å². The average Bonchev–Trinajstić information content (AvgIpc) is 3.47. The monoisotopic (exact) mass is 492 g/mol. The molecule has 10 heteroatoms. The molecule has 1 aliphatic heterocycles. The summed E-state index contributed by atoms with van der Waals surface area (Å²) in [4.78, 5) is 30.1. The molecule has 4 aromatic heterocycles. The van der Waals surface area contributed by atoms with Crippen molar-refractivity contribution in [3.05, 3.63) is 41.2 Å². The molecule has 190 valence electrons. The number of carbonyl (C=O) groups is 1. The van der Waals surface area contributed by atoms with E-state index >= 15 is 4.39 Å². The third kappa shape index (κ3) is 3.99. The average molecular weight is 493 g/mol. The summed E-state index contributed by atoms with van der Waals surface area (Å²) in [5.41, 5.74) is 6.43. The molecule has 0 spiro atoms. The number of aryl methyl sites for hydroxylation is 1. The predicted octanol–water partition coefficient (Wildman–Crippen LogP) is 3.36. The van der Waals surface area contributed by atoms with E-state index in [9.17, 15) is 4.79 Å². The summed E-state index contributed by atoms with van der Waals surface area (Å²) in [7, 11) is 3.52. The topological polar surface area (TPSA) is 85.7 Å². The number of halogens is 1. The molecule has 4 aromatic rings. The lowest BCUT2D eigenvalue weighted by atomic mass is 9.94. The maximum atomic E-state index is 16.2. The Morgan fingerprint density at radius 3 is 2.53 bits per heavy atom. The van der Waals surface area contributed by atoms with Crippen LogP contribution in [-0.4, -0.2) is 87.1 Å². The van der Waals surface area contributed by atoms with E-state index in [4.69, 9.17) is 0 Å². The highest BCUT2D eigenvalue weighted by atomic mass is 19.1. The van der Waals surface area contributed by atoms with Crippen molar-refractivity contribution in [1.82, 2.24) is 34.4 Å². The molecule has 0 radical (unpaired) electrons. The van der Waals surface area contributed by atoms with Gasteiger partial charge in [-0.3, -0.25) is 9.69 Å². The van der Waals surface area contributed by atoms with Gasteiger partial charge in [-0.25, -0.2) is 18.9 Å². The van der Waals surface area contributed by atoms with Gasteiger partial charge in [-0.15, -0.1) is 0 Å². The third-order valence-corrected chi connectivity index (χ3v) is 7.30. The minimum Gasteiger partial charge on any atom is -0.353 e. The van der Waals surface area contributed by atoms with Gasteiger partial charge in [0.2, 0.25) is 5.91 Å². The van der Waals surface area contributed by atoms with Crippen LogP contribution in [0, 0.1) is 19.7 Å². The molecule has 0 atom stereocenters. The summed E-state index contributed by atoms with van der Waals surface area (Å²) in [6.45, 7) is 11.3. The van der Waals surface area contributed by atoms with Crippen molar-refractivity contribution < 1.29 is 9.18 Å². The number of likely N-dealkylation sites (N-methyl/N-ethyl adjacent to an activating group) is 1. The molecule has 1 saturated heterocycles. The highest BCUT2D eigenvalue weighted by molar-refractivity contribution is 5.94. The van der Waals surface area contributed by atoms with Gasteiger partial charge in [0, 0.05) is 57.4 Å². The van der Waals surface area contributed by atoms with Crippen LogP contribution in [-0.2, 0) is 4.79 Å². The lowest BCUT2D eigenvalue weighted by Gasteiger charge is -2.35. The number of aromatic amines is 1. The summed E-state index contributed by atoms with van der Waals surface area (Å²) < 4.78 is 17.9. The fraction of sp³-hybridized carbons (Fsp3) is 0.462. The van der Waals surface area contributed by atoms with Gasteiger partial charge in [0.1, 0.15) is 6.33 Å². The van der Waals surface area contributed by atoms with Gasteiger partial charge >= 0.3 is 0 Å². The Hall–Kier alpha value is -3.53. The second-order valence-corrected chi connectivity index (χ2v) is 10.1. The number of hydrogen-bond donors (Lipinski definition) is 1. The maximum Gasteiger partial charge on any atom is 0.236 e. The van der Waals surface area contributed by atoms with Crippen molar-refractivity contribution in [3.8, 4) is 11.3 Å². The summed E-state index contributed by atoms with van der Waals surface area (Å²) in [6.07, 6.45) is 5.25. The van der Waals surface area contributed by atoms with E-state index in [-0.39, 0.29) is 17.6 Å². The molecular weight excluding hydrogens is 459 g/mol. The zero-order valence-electron chi connectivity index (χ0n) is 21.8. The van der Waals surface area contributed by atoms with Crippen molar-refractivity contribution >= 4 is 28.3 Å². The summed E-state index contributed by atoms with van der Waals surface area (Å²) in [5.74, 6) is 0.227. The number of H-pyrrole nitrogens is 1. The fourth-order valence-corrected chi connectivity index (χ4v) is 5.08. The predicted molar refractivity (Wildman–Crippen MR) is 139 cm³/mol. The lowest BCUT2D eigenvalue weighted by molar-refractivity contribution is -0.129. The van der Waals surface area contributed by atoms with E-state index in [0.29, 0.717) is 49.4 Å². The molecule has 1 N–H and O–H groups in total. The molecule has 36 heavy (non-hydrogen) atoms. The number of nitrogens with zero attached hydrogens (tertiary/aromatic N) is 7. The van der Waals surface area contributed by atoms with Crippen molar-refractivity contribution in [3.63, 3.8) is 0 Å². The number of nitrogens with one attached hydrogen (secondary N) is 1. The van der Waals surface area contributed by atoms with Crippen molar-refractivity contribution in [2.45, 2.75) is 33.6 Å². The second kappa shape index (κ2) is 9.16. The van der Waals surface area contributed by atoms with Crippen molar-refractivity contribution in [2.24, 2.45) is 0 Å². The fourth-order valence-electron chi connectivity index (χ4n) is 5.08. The number of aromatic nitrogens is 5. The molecule has 5 rings (SSSR count). The first kappa shape index (κ1) is 24.2. The number of rotatable bonds is 5. The first-order valence-electron chi connectivity index (χ1n) is 12.3. The van der Waals surface area contributed by atoms with Crippen LogP contribution in [0.15, 0.2) is 18.7 Å². The number of carbonyl (C=O) groups excluding carboxylic acids is 1. The lowest BCUT2D eigenvalue weighted by Crippen LogP contribution is -2.49. The van der Waals surface area contributed by atoms with Crippen LogP contribution >= 0.6 is 0 Å². The van der Waals surface area contributed by atoms with E-state index < -0.39 is 0 Å². The minimum atomic E-state index is -0.298. The van der Waals surface area contributed by atoms with Gasteiger partial charge < -0.3 is 14.8 Å². The van der Waals surface area contributed by atoms with Crippen molar-refractivity contribution in [2.75, 3.05) is 51.7 Å². The molecule has 0 bridgehead atoms. The molecule has 1 amide bonds. The number of piperazine rings is 1. The Morgan fingerprint density at radius 1 is 1.14 bits per heavy atom. The first-order chi connectivity index (χ1) is 17.2. The largest absolute Gasteiger partial charge is 0.353 e. The van der Waals surface area contributed by atoms with E-state index in [1.54, 1.807) is 36.0 Å². The van der Waals surface area contributed by atoms with Gasteiger partial charge in [-0.2, -0.15) is 5.10 Å². The summed E-state index contributed by atoms with van der Waals surface area (Å²) in [5, 5.41) is 4.92. The zero-order chi connectivity index (χ0) is 25.7. The molecule has 0 unspecified atom stereocenters. The number of pyridine rings is 2. The number of anilines is 1. The van der Waals surface area contributed by atoms with Crippen LogP contribution in [0.5, 0.6) is 0 Å². The molecule has 9 nitrogen and oxygen atoms in total. The highest BCUT2D eigenvalue weighted by Crippen LogP contribution is 2.40. The standard InChI is InChI=1S/C26H33FN8O/c1-15(2)21-22-19(31-24(21)18-12-35-25(29-14-30-35)17(4)16(18)3)11-28-26(23(22)27)34-9-7-33(8-10-34)13-20(36)32(5)6/h11-12,14-15,31H,7-10,13H2,1-6H3. The van der Waals surface area contributed by atoms with Crippen LogP contribution in [0.25, 0.3) is 27.8 Å². The molecule has 1 aliphatic rings. The van der Waals surface area contributed by atoms with Gasteiger partial charge in [0.25, 0.3) is 0 Å². The Morgan fingerprint density at radius 2 is 1.86 bits per heavy atom. The zero-order valence-corrected chi connectivity index (χ0v) is 21.8. The molecule has 0 aliphatic carbocycles. The maximum absolute atomic E-state index is 16.2. The molecule has 1 fully saturated rings. The third-order valence-electron chi connectivity index (χ3n) is 7.30. The Labute approximate surface area is 209 Å². The molecule has 0 saturated carbocycles. The van der Waals surface area contributed by atoms with Crippen molar-refractivity contribution in [1.29, 1.82) is 0 Å². The molecule has 5 heterocycles. The van der Waals surface area contributed by atoms with Gasteiger partial charge in [0.05, 0.1) is 24.0 Å². The van der Waals surface area contributed by atoms with Gasteiger partial charge in [-0.1, -0.05) is 13.8 Å². The van der Waals surface area contributed by atoms with E-state index in [1.807, 2.05) is 18.0 Å². The number of amides is 1. The van der Waals surface area contributed by atoms with Gasteiger partial charge in [-0.05, 0) is 36.5 Å². The Kier molecular flexibility index (Phi) is 6.15. The van der Waals surface area contributed by atoms with Crippen LogP contribution < -0.4 is 4.90 Å². The van der Waals surface area contributed by atoms with Crippen LogP contribution in [0.3, 0.4) is 0 Å². The van der Waals surface area contributed by atoms with Crippen LogP contribution in [0.4, 0.5) is 10.2 Å². The second-order valence-electron chi connectivity index (χ2n) is 10.1.